The lowest BCUT2D eigenvalue weighted by molar-refractivity contribution is 0.203. The molecule has 0 radical (unpaired) electrons. The Bertz CT molecular complexity index is 773. The Morgan fingerprint density at radius 2 is 1.91 bits per heavy atom. The first-order chi connectivity index (χ1) is 11.3. The molecule has 1 N–H and O–H groups in total. The summed E-state index contributed by atoms with van der Waals surface area (Å²) in [5, 5.41) is 7.64. The molecule has 3 heterocycles. The summed E-state index contributed by atoms with van der Waals surface area (Å²) in [4.78, 5) is 10.4. The second kappa shape index (κ2) is 6.08. The smallest absolute Gasteiger partial charge is 0.125 e. The van der Waals surface area contributed by atoms with Crippen LogP contribution in [0.25, 0.3) is 11.0 Å². The van der Waals surface area contributed by atoms with Crippen molar-refractivity contribution in [1.29, 1.82) is 0 Å². The van der Waals surface area contributed by atoms with Gasteiger partial charge in [-0.05, 0) is 44.1 Å². The number of halogens is 1. The second-order valence-corrected chi connectivity index (χ2v) is 6.10. The average molecular weight is 314 g/mol. The van der Waals surface area contributed by atoms with E-state index in [1.165, 1.54) is 12.1 Å². The first-order valence-electron chi connectivity index (χ1n) is 7.98. The lowest BCUT2D eigenvalue weighted by Crippen LogP contribution is -2.35. The van der Waals surface area contributed by atoms with E-state index < -0.39 is 0 Å². The van der Waals surface area contributed by atoms with Crippen molar-refractivity contribution < 1.29 is 4.39 Å². The number of fused-ring (bicyclic) bond motifs is 1. The van der Waals surface area contributed by atoms with Gasteiger partial charge in [-0.1, -0.05) is 0 Å². The van der Waals surface area contributed by atoms with Crippen LogP contribution in [-0.2, 0) is 6.54 Å². The summed E-state index contributed by atoms with van der Waals surface area (Å²) < 4.78 is 15.3. The molecule has 0 unspecified atom stereocenters. The first-order valence-corrected chi connectivity index (χ1v) is 7.98. The summed E-state index contributed by atoms with van der Waals surface area (Å²) in [7, 11) is 0. The number of hydrogen-bond donors (Lipinski definition) is 1. The van der Waals surface area contributed by atoms with Crippen LogP contribution in [0, 0.1) is 5.82 Å². The normalized spacial score (nSPS) is 17.1. The quantitative estimate of drug-likeness (QED) is 0.802. The van der Waals surface area contributed by atoms with Crippen LogP contribution in [-0.4, -0.2) is 49.3 Å². The monoisotopic (exact) mass is 314 g/mol. The number of likely N-dealkylation sites (tertiary alicyclic amines) is 1. The van der Waals surface area contributed by atoms with E-state index in [1.54, 1.807) is 18.7 Å². The van der Waals surface area contributed by atoms with Crippen LogP contribution < -0.4 is 0 Å². The minimum absolute atomic E-state index is 0.225. The fourth-order valence-corrected chi connectivity index (χ4v) is 3.22. The van der Waals surface area contributed by atoms with E-state index in [4.69, 9.17) is 0 Å². The number of benzene rings is 1. The molecule has 1 aliphatic heterocycles. The standard InChI is InChI=1S/C16H19FN6/c17-13-1-2-14-15(9-13)21-16(20-14)12-3-5-22(6-4-12)7-8-23-10-18-19-11-23/h1-2,9-12H,3-8H2,(H,20,21). The zero-order valence-electron chi connectivity index (χ0n) is 12.8. The Labute approximate surface area is 133 Å². The van der Waals surface area contributed by atoms with Crippen LogP contribution in [0.4, 0.5) is 4.39 Å². The molecule has 120 valence electrons. The predicted molar refractivity (Wildman–Crippen MR) is 84.5 cm³/mol. The molecule has 7 heteroatoms. The summed E-state index contributed by atoms with van der Waals surface area (Å²) >= 11 is 0. The number of hydrogen-bond acceptors (Lipinski definition) is 4. The maximum absolute atomic E-state index is 13.3. The Balaban J connectivity index is 1.36. The summed E-state index contributed by atoms with van der Waals surface area (Å²) in [6, 6.07) is 4.71. The molecule has 6 nitrogen and oxygen atoms in total. The number of rotatable bonds is 4. The molecule has 1 aliphatic rings. The van der Waals surface area contributed by atoms with Gasteiger partial charge >= 0.3 is 0 Å². The van der Waals surface area contributed by atoms with Crippen LogP contribution in [0.15, 0.2) is 30.9 Å². The molecule has 0 atom stereocenters. The van der Waals surface area contributed by atoms with E-state index >= 15 is 0 Å². The molecule has 1 saturated heterocycles. The van der Waals surface area contributed by atoms with E-state index in [-0.39, 0.29) is 5.82 Å². The van der Waals surface area contributed by atoms with Crippen molar-refractivity contribution in [2.24, 2.45) is 0 Å². The molecule has 0 amide bonds. The maximum Gasteiger partial charge on any atom is 0.125 e. The molecule has 0 aliphatic carbocycles. The number of H-pyrrole nitrogens is 1. The van der Waals surface area contributed by atoms with Gasteiger partial charge in [0.2, 0.25) is 0 Å². The van der Waals surface area contributed by atoms with E-state index in [1.807, 2.05) is 4.57 Å². The van der Waals surface area contributed by atoms with Gasteiger partial charge in [0, 0.05) is 19.0 Å². The fraction of sp³-hybridized carbons (Fsp3) is 0.438. The first kappa shape index (κ1) is 14.3. The Morgan fingerprint density at radius 1 is 1.13 bits per heavy atom. The third-order valence-electron chi connectivity index (χ3n) is 4.58. The van der Waals surface area contributed by atoms with Gasteiger partial charge in [0.05, 0.1) is 11.0 Å². The zero-order valence-corrected chi connectivity index (χ0v) is 12.8. The van der Waals surface area contributed by atoms with E-state index in [2.05, 4.69) is 25.1 Å². The lowest BCUT2D eigenvalue weighted by atomic mass is 9.96. The molecule has 0 spiro atoms. The topological polar surface area (TPSA) is 62.6 Å². The Morgan fingerprint density at radius 3 is 2.70 bits per heavy atom. The van der Waals surface area contributed by atoms with Crippen LogP contribution >= 0.6 is 0 Å². The van der Waals surface area contributed by atoms with Gasteiger partial charge in [0.15, 0.2) is 0 Å². The highest BCUT2D eigenvalue weighted by Crippen LogP contribution is 2.27. The molecule has 2 aromatic heterocycles. The van der Waals surface area contributed by atoms with E-state index in [0.29, 0.717) is 5.92 Å². The van der Waals surface area contributed by atoms with Crippen molar-refractivity contribution >= 4 is 11.0 Å². The summed E-state index contributed by atoms with van der Waals surface area (Å²) in [6.45, 7) is 4.04. The molecule has 1 fully saturated rings. The number of aromatic nitrogens is 5. The highest BCUT2D eigenvalue weighted by atomic mass is 19.1. The van der Waals surface area contributed by atoms with Crippen LogP contribution in [0.5, 0.6) is 0 Å². The molecule has 4 rings (SSSR count). The highest BCUT2D eigenvalue weighted by molar-refractivity contribution is 5.75. The fourth-order valence-electron chi connectivity index (χ4n) is 3.22. The second-order valence-electron chi connectivity index (χ2n) is 6.10. The van der Waals surface area contributed by atoms with Gasteiger partial charge in [0.1, 0.15) is 24.3 Å². The molecule has 0 bridgehead atoms. The maximum atomic E-state index is 13.3. The third-order valence-corrected chi connectivity index (χ3v) is 4.58. The molecular formula is C16H19FN6. The largest absolute Gasteiger partial charge is 0.342 e. The number of nitrogens with one attached hydrogen (secondary N) is 1. The number of nitrogens with zero attached hydrogens (tertiary/aromatic N) is 5. The molecule has 3 aromatic rings. The van der Waals surface area contributed by atoms with Crippen molar-refractivity contribution in [3.8, 4) is 0 Å². The summed E-state index contributed by atoms with van der Waals surface area (Å²) in [5.74, 6) is 1.19. The van der Waals surface area contributed by atoms with Crippen molar-refractivity contribution in [3.63, 3.8) is 0 Å². The molecular weight excluding hydrogens is 295 g/mol. The van der Waals surface area contributed by atoms with Crippen molar-refractivity contribution in [3.05, 3.63) is 42.5 Å². The Kier molecular flexibility index (Phi) is 3.78. The van der Waals surface area contributed by atoms with Gasteiger partial charge in [-0.3, -0.25) is 0 Å². The van der Waals surface area contributed by atoms with E-state index in [9.17, 15) is 4.39 Å². The SMILES string of the molecule is Fc1ccc2nc(C3CCN(CCn4cnnc4)CC3)[nH]c2c1. The van der Waals surface area contributed by atoms with Gasteiger partial charge in [0.25, 0.3) is 0 Å². The molecule has 0 saturated carbocycles. The highest BCUT2D eigenvalue weighted by Gasteiger charge is 2.23. The van der Waals surface area contributed by atoms with Crippen LogP contribution in [0.1, 0.15) is 24.6 Å². The van der Waals surface area contributed by atoms with Gasteiger partial charge in [-0.15, -0.1) is 10.2 Å². The minimum atomic E-state index is -0.225. The van der Waals surface area contributed by atoms with Crippen molar-refractivity contribution in [2.75, 3.05) is 19.6 Å². The Hall–Kier alpha value is -2.28. The molecule has 1 aromatic carbocycles. The number of piperidine rings is 1. The predicted octanol–water partition coefficient (Wildman–Crippen LogP) is 2.17. The molecule has 23 heavy (non-hydrogen) atoms. The van der Waals surface area contributed by atoms with Crippen molar-refractivity contribution in [1.82, 2.24) is 29.6 Å². The van der Waals surface area contributed by atoms with E-state index in [0.717, 1.165) is 55.9 Å². The van der Waals surface area contributed by atoms with Gasteiger partial charge < -0.3 is 14.5 Å². The third kappa shape index (κ3) is 3.10. The summed E-state index contributed by atoms with van der Waals surface area (Å²) in [5.41, 5.74) is 1.63. The zero-order chi connectivity index (χ0) is 15.6. The van der Waals surface area contributed by atoms with Crippen molar-refractivity contribution in [2.45, 2.75) is 25.3 Å². The summed E-state index contributed by atoms with van der Waals surface area (Å²) in [6.07, 6.45) is 5.65. The number of imidazole rings is 1. The van der Waals surface area contributed by atoms with Gasteiger partial charge in [-0.2, -0.15) is 0 Å². The van der Waals surface area contributed by atoms with Crippen LogP contribution in [0.2, 0.25) is 0 Å². The average Bonchev–Trinajstić information content (AvgIpc) is 3.22. The minimum Gasteiger partial charge on any atom is -0.342 e. The van der Waals surface area contributed by atoms with Gasteiger partial charge in [-0.25, -0.2) is 9.37 Å². The van der Waals surface area contributed by atoms with Crippen LogP contribution in [0.3, 0.4) is 0 Å². The lowest BCUT2D eigenvalue weighted by Gasteiger charge is -2.30. The number of aromatic amines is 1.